The van der Waals surface area contributed by atoms with Gasteiger partial charge >= 0.3 is 0 Å². The van der Waals surface area contributed by atoms with Crippen LogP contribution in [0.4, 0.5) is 5.82 Å². The van der Waals surface area contributed by atoms with E-state index in [-0.39, 0.29) is 0 Å². The number of hydrogen-bond donors (Lipinski definition) is 1. The molecule has 90 valence electrons. The number of aryl methyl sites for hydroxylation is 2. The van der Waals surface area contributed by atoms with E-state index in [4.69, 9.17) is 5.73 Å². The van der Waals surface area contributed by atoms with Gasteiger partial charge in [-0.3, -0.25) is 0 Å². The molecule has 0 amide bonds. The molecule has 3 aromatic rings. The highest BCUT2D eigenvalue weighted by molar-refractivity contribution is 5.81. The number of nitrogens with zero attached hydrogens (tertiary/aromatic N) is 4. The Hall–Kier alpha value is -2.43. The first-order chi connectivity index (χ1) is 8.65. The van der Waals surface area contributed by atoms with E-state index in [1.165, 1.54) is 0 Å². The lowest BCUT2D eigenvalue weighted by Gasteiger charge is -2.01. The summed E-state index contributed by atoms with van der Waals surface area (Å²) in [6.45, 7) is 1.99. The van der Waals surface area contributed by atoms with Crippen molar-refractivity contribution in [3.05, 3.63) is 36.2 Å². The number of aromatic nitrogens is 4. The second-order valence-electron chi connectivity index (χ2n) is 4.26. The highest BCUT2D eigenvalue weighted by Crippen LogP contribution is 2.22. The molecular formula is C13H13N5. The highest BCUT2D eigenvalue weighted by atomic mass is 15.1. The van der Waals surface area contributed by atoms with Gasteiger partial charge in [0.05, 0.1) is 16.7 Å². The maximum absolute atomic E-state index is 5.53. The molecule has 5 nitrogen and oxygen atoms in total. The summed E-state index contributed by atoms with van der Waals surface area (Å²) in [5, 5.41) is 7.94. The molecule has 2 N–H and O–H groups in total. The predicted octanol–water partition coefficient (Wildman–Crippen LogP) is 1.92. The molecule has 0 aliphatic rings. The van der Waals surface area contributed by atoms with E-state index in [0.717, 1.165) is 28.1 Å². The van der Waals surface area contributed by atoms with Crippen molar-refractivity contribution in [1.29, 1.82) is 0 Å². The van der Waals surface area contributed by atoms with Gasteiger partial charge in [0.15, 0.2) is 0 Å². The normalized spacial score (nSPS) is 11.0. The summed E-state index contributed by atoms with van der Waals surface area (Å²) < 4.78 is 2.06. The molecule has 0 saturated heterocycles. The van der Waals surface area contributed by atoms with Gasteiger partial charge in [-0.05, 0) is 31.2 Å². The molecule has 1 aromatic carbocycles. The fourth-order valence-electron chi connectivity index (χ4n) is 1.98. The molecule has 0 atom stereocenters. The maximum atomic E-state index is 5.53. The van der Waals surface area contributed by atoms with E-state index >= 15 is 0 Å². The number of nitrogens with two attached hydrogens (primary N) is 1. The maximum Gasteiger partial charge on any atom is 0.146 e. The van der Waals surface area contributed by atoms with Crippen LogP contribution in [-0.2, 0) is 7.05 Å². The monoisotopic (exact) mass is 239 g/mol. The molecule has 0 unspecified atom stereocenters. The van der Waals surface area contributed by atoms with Gasteiger partial charge in [-0.1, -0.05) is 6.07 Å². The van der Waals surface area contributed by atoms with Crippen molar-refractivity contribution in [2.24, 2.45) is 7.05 Å². The standard InChI is InChI=1S/C13H13N5/c1-8-15-11-7-9(3-5-12(11)18(8)2)10-4-6-13(14)17-16-10/h3-7H,1-2H3,(H2,14,17). The zero-order valence-electron chi connectivity index (χ0n) is 10.3. The number of hydrogen-bond acceptors (Lipinski definition) is 4. The van der Waals surface area contributed by atoms with Crippen LogP contribution < -0.4 is 5.73 Å². The van der Waals surface area contributed by atoms with Crippen LogP contribution in [0, 0.1) is 6.92 Å². The van der Waals surface area contributed by atoms with Gasteiger partial charge < -0.3 is 10.3 Å². The van der Waals surface area contributed by atoms with Crippen molar-refractivity contribution in [3.63, 3.8) is 0 Å². The van der Waals surface area contributed by atoms with Gasteiger partial charge in [-0.25, -0.2) is 4.98 Å². The SMILES string of the molecule is Cc1nc2cc(-c3ccc(N)nn3)ccc2n1C. The van der Waals surface area contributed by atoms with Gasteiger partial charge in [0.25, 0.3) is 0 Å². The van der Waals surface area contributed by atoms with Crippen LogP contribution in [0.15, 0.2) is 30.3 Å². The van der Waals surface area contributed by atoms with E-state index < -0.39 is 0 Å². The van der Waals surface area contributed by atoms with Crippen molar-refractivity contribution in [2.75, 3.05) is 5.73 Å². The van der Waals surface area contributed by atoms with Crippen LogP contribution in [0.1, 0.15) is 5.82 Å². The molecular weight excluding hydrogens is 226 g/mol. The summed E-state index contributed by atoms with van der Waals surface area (Å²) in [5.74, 6) is 1.42. The smallest absolute Gasteiger partial charge is 0.146 e. The van der Waals surface area contributed by atoms with Crippen molar-refractivity contribution >= 4 is 16.9 Å². The summed E-state index contributed by atoms with van der Waals surface area (Å²) >= 11 is 0. The van der Waals surface area contributed by atoms with Gasteiger partial charge in [-0.2, -0.15) is 0 Å². The van der Waals surface area contributed by atoms with Crippen molar-refractivity contribution in [2.45, 2.75) is 6.92 Å². The Kier molecular flexibility index (Phi) is 2.26. The Labute approximate surface area is 104 Å². The second-order valence-corrected chi connectivity index (χ2v) is 4.26. The minimum Gasteiger partial charge on any atom is -0.382 e. The molecule has 0 fully saturated rings. The third kappa shape index (κ3) is 1.60. The minimum absolute atomic E-state index is 0.425. The van der Waals surface area contributed by atoms with Gasteiger partial charge in [0, 0.05) is 12.6 Å². The largest absolute Gasteiger partial charge is 0.382 e. The quantitative estimate of drug-likeness (QED) is 0.704. The molecule has 2 heterocycles. The van der Waals surface area contributed by atoms with Gasteiger partial charge in [0.1, 0.15) is 11.6 Å². The fourth-order valence-corrected chi connectivity index (χ4v) is 1.98. The number of rotatable bonds is 1. The summed E-state index contributed by atoms with van der Waals surface area (Å²) in [6, 6.07) is 9.68. The first kappa shape index (κ1) is 10.7. The Bertz CT molecular complexity index is 712. The lowest BCUT2D eigenvalue weighted by atomic mass is 10.1. The molecule has 0 radical (unpaired) electrons. The number of fused-ring (bicyclic) bond motifs is 1. The summed E-state index contributed by atoms with van der Waals surface area (Å²) in [5.41, 5.74) is 9.40. The average molecular weight is 239 g/mol. The number of benzene rings is 1. The van der Waals surface area contributed by atoms with E-state index in [0.29, 0.717) is 5.82 Å². The van der Waals surface area contributed by atoms with E-state index in [1.54, 1.807) is 6.07 Å². The highest BCUT2D eigenvalue weighted by Gasteiger charge is 2.06. The summed E-state index contributed by atoms with van der Waals surface area (Å²) in [7, 11) is 2.01. The van der Waals surface area contributed by atoms with E-state index in [2.05, 4.69) is 19.7 Å². The second kappa shape index (κ2) is 3.80. The lowest BCUT2D eigenvalue weighted by Crippen LogP contribution is -1.94. The van der Waals surface area contributed by atoms with Crippen LogP contribution in [0.2, 0.25) is 0 Å². The molecule has 0 saturated carbocycles. The fraction of sp³-hybridized carbons (Fsp3) is 0.154. The molecule has 2 aromatic heterocycles. The minimum atomic E-state index is 0.425. The van der Waals surface area contributed by atoms with Gasteiger partial charge in [0.2, 0.25) is 0 Å². The number of anilines is 1. The van der Waals surface area contributed by atoms with E-state index in [9.17, 15) is 0 Å². The number of imidazole rings is 1. The first-order valence-electron chi connectivity index (χ1n) is 5.68. The van der Waals surface area contributed by atoms with Crippen LogP contribution in [0.25, 0.3) is 22.3 Å². The third-order valence-electron chi connectivity index (χ3n) is 3.09. The number of nitrogen functional groups attached to an aromatic ring is 1. The van der Waals surface area contributed by atoms with E-state index in [1.807, 2.05) is 38.2 Å². The molecule has 0 aliphatic carbocycles. The zero-order valence-corrected chi connectivity index (χ0v) is 10.3. The van der Waals surface area contributed by atoms with Crippen LogP contribution >= 0.6 is 0 Å². The summed E-state index contributed by atoms with van der Waals surface area (Å²) in [6.07, 6.45) is 0. The Balaban J connectivity index is 2.16. The molecule has 5 heteroatoms. The zero-order chi connectivity index (χ0) is 12.7. The molecule has 0 spiro atoms. The molecule has 0 aliphatic heterocycles. The third-order valence-corrected chi connectivity index (χ3v) is 3.09. The lowest BCUT2D eigenvalue weighted by molar-refractivity contribution is 0.886. The predicted molar refractivity (Wildman–Crippen MR) is 70.9 cm³/mol. The average Bonchev–Trinajstić information content (AvgIpc) is 2.65. The van der Waals surface area contributed by atoms with Crippen molar-refractivity contribution in [3.8, 4) is 11.3 Å². The summed E-state index contributed by atoms with van der Waals surface area (Å²) in [4.78, 5) is 4.51. The Morgan fingerprint density at radius 2 is 1.94 bits per heavy atom. The van der Waals surface area contributed by atoms with Crippen LogP contribution in [-0.4, -0.2) is 19.7 Å². The Morgan fingerprint density at radius 1 is 1.11 bits per heavy atom. The first-order valence-corrected chi connectivity index (χ1v) is 5.68. The van der Waals surface area contributed by atoms with Crippen LogP contribution in [0.3, 0.4) is 0 Å². The topological polar surface area (TPSA) is 69.6 Å². The van der Waals surface area contributed by atoms with Gasteiger partial charge in [-0.15, -0.1) is 10.2 Å². The molecule has 0 bridgehead atoms. The van der Waals surface area contributed by atoms with Crippen molar-refractivity contribution < 1.29 is 0 Å². The molecule has 3 rings (SSSR count). The van der Waals surface area contributed by atoms with Crippen LogP contribution in [0.5, 0.6) is 0 Å². The van der Waals surface area contributed by atoms with Crippen molar-refractivity contribution in [1.82, 2.24) is 19.7 Å². The Morgan fingerprint density at radius 3 is 2.67 bits per heavy atom. The molecule has 18 heavy (non-hydrogen) atoms.